The van der Waals surface area contributed by atoms with Crippen molar-refractivity contribution >= 4 is 22.8 Å². The third-order valence-electron chi connectivity index (χ3n) is 7.38. The normalized spacial score (nSPS) is 22.1. The van der Waals surface area contributed by atoms with Crippen molar-refractivity contribution in [2.75, 3.05) is 0 Å². The minimum atomic E-state index is 0. The molecule has 0 aliphatic carbocycles. The molecule has 0 saturated heterocycles. The van der Waals surface area contributed by atoms with Crippen LogP contribution in [0.5, 0.6) is 0 Å². The predicted molar refractivity (Wildman–Crippen MR) is 136 cm³/mol. The van der Waals surface area contributed by atoms with Gasteiger partial charge >= 0.3 is 0 Å². The Morgan fingerprint density at radius 2 is 0.515 bits per heavy atom. The Balaban J connectivity index is 0.00000259. The average molecular weight is 616 g/mol. The molecule has 0 aromatic carbocycles. The van der Waals surface area contributed by atoms with E-state index >= 15 is 0 Å². The first-order valence-corrected chi connectivity index (χ1v) is 11.1. The average Bonchev–Trinajstić information content (AvgIpc) is 3.37. The molecule has 8 bridgehead atoms. The number of aliphatic imine (C=N–C) groups is 4. The summed E-state index contributed by atoms with van der Waals surface area (Å²) in [4.78, 5) is 19.9. The van der Waals surface area contributed by atoms with E-state index in [0.717, 1.165) is 45.6 Å². The Labute approximate surface area is 210 Å². The fourth-order valence-corrected chi connectivity index (χ4v) is 4.37. The van der Waals surface area contributed by atoms with E-state index in [1.807, 2.05) is 0 Å². The number of rotatable bonds is 0. The summed E-state index contributed by atoms with van der Waals surface area (Å²) < 4.78 is 0. The Hall–Kier alpha value is -2.71. The van der Waals surface area contributed by atoms with Crippen molar-refractivity contribution in [2.45, 2.75) is 55.4 Å². The number of nitrogens with zero attached hydrogens (tertiary/aromatic N) is 4. The molecule has 5 rings (SSSR count). The molecule has 0 amide bonds. The van der Waals surface area contributed by atoms with Gasteiger partial charge in [0.1, 0.15) is 0 Å². The van der Waals surface area contributed by atoms with Crippen LogP contribution in [0.15, 0.2) is 112 Å². The summed E-state index contributed by atoms with van der Waals surface area (Å²) in [6, 6.07) is 0. The van der Waals surface area contributed by atoms with Gasteiger partial charge in [0.25, 0.3) is 0 Å². The number of hydrogen-bond acceptors (Lipinski definition) is 4. The van der Waals surface area contributed by atoms with E-state index in [1.165, 1.54) is 44.6 Å². The fourth-order valence-electron chi connectivity index (χ4n) is 4.37. The van der Waals surface area contributed by atoms with E-state index in [9.17, 15) is 0 Å². The van der Waals surface area contributed by atoms with Crippen LogP contribution in [0.4, 0.5) is 0 Å². The second-order valence-electron chi connectivity index (χ2n) is 9.11. The van der Waals surface area contributed by atoms with Crippen LogP contribution in [0.3, 0.4) is 0 Å². The van der Waals surface area contributed by atoms with Gasteiger partial charge in [-0.3, -0.25) is 0 Å². The molecule has 33 heavy (non-hydrogen) atoms. The van der Waals surface area contributed by atoms with Crippen molar-refractivity contribution in [1.29, 1.82) is 0 Å². The molecule has 170 valence electrons. The van der Waals surface area contributed by atoms with Crippen LogP contribution in [0.2, 0.25) is 0 Å². The summed E-state index contributed by atoms with van der Waals surface area (Å²) in [6.45, 7) is 17.1. The van der Waals surface area contributed by atoms with Crippen LogP contribution >= 0.6 is 0 Å². The maximum Gasteiger partial charge on any atom is 0.0691 e. The van der Waals surface area contributed by atoms with Crippen molar-refractivity contribution < 1.29 is 21.1 Å². The minimum Gasteiger partial charge on any atom is -0.248 e. The number of hydrogen-bond donors (Lipinski definition) is 0. The predicted octanol–water partition coefficient (Wildman–Crippen LogP) is 6.70. The summed E-state index contributed by atoms with van der Waals surface area (Å²) in [5.41, 5.74) is 17.3. The molecule has 0 aromatic heterocycles. The molecule has 5 heteroatoms. The molecule has 5 aliphatic rings. The van der Waals surface area contributed by atoms with Crippen LogP contribution in [0.1, 0.15) is 55.4 Å². The van der Waals surface area contributed by atoms with Crippen LogP contribution in [-0.4, -0.2) is 22.8 Å². The molecule has 0 radical (unpaired) electrons. The zero-order valence-electron chi connectivity index (χ0n) is 20.4. The Kier molecular flexibility index (Phi) is 5.86. The van der Waals surface area contributed by atoms with Crippen molar-refractivity contribution in [3.8, 4) is 0 Å². The van der Waals surface area contributed by atoms with Crippen molar-refractivity contribution in [2.24, 2.45) is 20.0 Å². The zero-order valence-corrected chi connectivity index (χ0v) is 22.7. The molecule has 5 aliphatic heterocycles. The standard InChI is InChI=1S/C28H28N4.Pt/c1-13-14(2)22-10-24-17(5)18(6)26(31-24)12-28-20(8)19(7)27(32-28)11-25-16(4)15(3)23(30-25)9-21(13)29-22;/h9-12H,1-8H3;. The maximum absolute atomic E-state index is 4.96. The molecule has 0 unspecified atom stereocenters. The van der Waals surface area contributed by atoms with Crippen molar-refractivity contribution in [1.82, 2.24) is 0 Å². The molecule has 0 spiro atoms. The molecule has 5 heterocycles. The van der Waals surface area contributed by atoms with Gasteiger partial charge in [-0.05, 0) is 124 Å². The van der Waals surface area contributed by atoms with E-state index in [1.54, 1.807) is 0 Å². The van der Waals surface area contributed by atoms with Crippen molar-refractivity contribution in [3.63, 3.8) is 0 Å². The van der Waals surface area contributed by atoms with Gasteiger partial charge in [0, 0.05) is 21.1 Å². The molecule has 0 saturated carbocycles. The smallest absolute Gasteiger partial charge is 0.0691 e. The van der Waals surface area contributed by atoms with Crippen LogP contribution in [-0.2, 0) is 21.1 Å². The van der Waals surface area contributed by atoms with Gasteiger partial charge in [-0.25, -0.2) is 20.0 Å². The van der Waals surface area contributed by atoms with Gasteiger partial charge in [-0.2, -0.15) is 0 Å². The van der Waals surface area contributed by atoms with Gasteiger partial charge in [-0.1, -0.05) is 0 Å². The van der Waals surface area contributed by atoms with E-state index in [2.05, 4.69) is 79.7 Å². The van der Waals surface area contributed by atoms with Crippen LogP contribution < -0.4 is 0 Å². The molecule has 0 atom stereocenters. The summed E-state index contributed by atoms with van der Waals surface area (Å²) in [6.07, 6.45) is 8.46. The van der Waals surface area contributed by atoms with E-state index in [4.69, 9.17) is 20.0 Å². The first-order chi connectivity index (χ1) is 15.2. The summed E-state index contributed by atoms with van der Waals surface area (Å²) >= 11 is 0. The van der Waals surface area contributed by atoms with Gasteiger partial charge in [-0.15, -0.1) is 0 Å². The SMILES string of the molecule is CC1=C(C)C2=NC1=CC1=NC(=CC3=NC(=CC4=NC(=C2)C(C)=C4C)C(C)=C3C)C(C)=C1C.[Pt]. The van der Waals surface area contributed by atoms with Gasteiger partial charge in [0.05, 0.1) is 45.6 Å². The third-order valence-corrected chi connectivity index (χ3v) is 7.38. The summed E-state index contributed by atoms with van der Waals surface area (Å²) in [5.74, 6) is 0. The molecule has 0 aromatic rings. The Morgan fingerprint density at radius 3 is 0.697 bits per heavy atom. The molecule has 0 fully saturated rings. The number of allylic oxidation sites excluding steroid dienone is 12. The van der Waals surface area contributed by atoms with Gasteiger partial charge < -0.3 is 0 Å². The third kappa shape index (κ3) is 3.65. The van der Waals surface area contributed by atoms with E-state index in [0.29, 0.717) is 0 Å². The van der Waals surface area contributed by atoms with Crippen LogP contribution in [0, 0.1) is 0 Å². The maximum atomic E-state index is 4.96. The van der Waals surface area contributed by atoms with E-state index in [-0.39, 0.29) is 21.1 Å². The van der Waals surface area contributed by atoms with Gasteiger partial charge in [0.2, 0.25) is 0 Å². The zero-order chi connectivity index (χ0) is 22.9. The quantitative estimate of drug-likeness (QED) is 0.292. The summed E-state index contributed by atoms with van der Waals surface area (Å²) in [5, 5.41) is 0. The minimum absolute atomic E-state index is 0. The molecular weight excluding hydrogens is 587 g/mol. The largest absolute Gasteiger partial charge is 0.248 e. The van der Waals surface area contributed by atoms with Gasteiger partial charge in [0.15, 0.2) is 0 Å². The molecular formula is C28H28N4Pt. The molecule has 0 N–H and O–H groups in total. The number of fused-ring (bicyclic) bond motifs is 4. The fraction of sp³-hybridized carbons (Fsp3) is 0.286. The van der Waals surface area contributed by atoms with Crippen LogP contribution in [0.25, 0.3) is 0 Å². The van der Waals surface area contributed by atoms with E-state index < -0.39 is 0 Å². The van der Waals surface area contributed by atoms with Crippen molar-refractivity contribution in [3.05, 3.63) is 91.7 Å². The summed E-state index contributed by atoms with van der Waals surface area (Å²) in [7, 11) is 0. The second kappa shape index (κ2) is 8.25. The second-order valence-corrected chi connectivity index (χ2v) is 9.11. The first kappa shape index (κ1) is 23.4. The monoisotopic (exact) mass is 615 g/mol. The topological polar surface area (TPSA) is 49.4 Å². The Bertz CT molecular complexity index is 1170. The Morgan fingerprint density at radius 1 is 0.333 bits per heavy atom. The first-order valence-electron chi connectivity index (χ1n) is 11.1. The molecule has 4 nitrogen and oxygen atoms in total.